The number of nitrogens with one attached hydrogen (secondary N) is 1. The maximum atomic E-state index is 12.0. The van der Waals surface area contributed by atoms with E-state index in [-0.39, 0.29) is 5.91 Å². The normalized spacial score (nSPS) is 17.3. The van der Waals surface area contributed by atoms with Gasteiger partial charge in [-0.15, -0.1) is 0 Å². The minimum Gasteiger partial charge on any atom is -0.309 e. The molecule has 1 aliphatic rings. The van der Waals surface area contributed by atoms with Gasteiger partial charge in [-0.2, -0.15) is 5.10 Å². The van der Waals surface area contributed by atoms with Crippen molar-refractivity contribution < 1.29 is 4.79 Å². The highest BCUT2D eigenvalue weighted by atomic mass is 33.1. The Kier molecular flexibility index (Phi) is 6.05. The average molecular weight is 348 g/mol. The van der Waals surface area contributed by atoms with E-state index in [1.54, 1.807) is 4.68 Å². The molecule has 23 heavy (non-hydrogen) atoms. The van der Waals surface area contributed by atoms with Crippen LogP contribution < -0.4 is 5.32 Å². The summed E-state index contributed by atoms with van der Waals surface area (Å²) in [5.41, 5.74) is 0.986. The average Bonchev–Trinajstić information content (AvgIpc) is 3.24. The summed E-state index contributed by atoms with van der Waals surface area (Å²) in [5.74, 6) is 1.94. The Morgan fingerprint density at radius 3 is 2.91 bits per heavy atom. The number of carbonyl (C=O) groups excluding carboxylic acids is 1. The quantitative estimate of drug-likeness (QED) is 0.591. The summed E-state index contributed by atoms with van der Waals surface area (Å²) in [6.07, 6.45) is 7.06. The van der Waals surface area contributed by atoms with Gasteiger partial charge in [-0.25, -0.2) is 4.68 Å². The van der Waals surface area contributed by atoms with E-state index < -0.39 is 0 Å². The summed E-state index contributed by atoms with van der Waals surface area (Å²) in [6.45, 7) is 0. The third-order valence-corrected chi connectivity index (χ3v) is 6.79. The molecule has 1 unspecified atom stereocenters. The molecule has 3 rings (SSSR count). The van der Waals surface area contributed by atoms with E-state index in [2.05, 4.69) is 10.4 Å². The summed E-state index contributed by atoms with van der Waals surface area (Å²) >= 11 is 0. The number of unbranched alkanes of at least 4 members (excludes halogenated alkanes) is 1. The van der Waals surface area contributed by atoms with Crippen molar-refractivity contribution in [2.24, 2.45) is 0 Å². The summed E-state index contributed by atoms with van der Waals surface area (Å²) in [6, 6.07) is 11.7. The van der Waals surface area contributed by atoms with Crippen molar-refractivity contribution in [2.75, 3.05) is 11.1 Å². The molecule has 1 atom stereocenters. The van der Waals surface area contributed by atoms with Crippen LogP contribution in [0.5, 0.6) is 0 Å². The second-order valence-corrected chi connectivity index (χ2v) is 8.39. The third kappa shape index (κ3) is 5.04. The maximum absolute atomic E-state index is 12.0. The van der Waals surface area contributed by atoms with Gasteiger partial charge >= 0.3 is 0 Å². The van der Waals surface area contributed by atoms with Gasteiger partial charge in [0.25, 0.3) is 0 Å². The maximum Gasteiger partial charge on any atom is 0.225 e. The molecule has 0 aliphatic carbocycles. The summed E-state index contributed by atoms with van der Waals surface area (Å²) in [5, 5.41) is 8.07. The van der Waals surface area contributed by atoms with Crippen LogP contribution in [-0.2, 0) is 4.79 Å². The summed E-state index contributed by atoms with van der Waals surface area (Å²) in [7, 11) is 3.98. The molecule has 122 valence electrons. The molecule has 4 nitrogen and oxygen atoms in total. The molecular weight excluding hydrogens is 326 g/mol. The van der Waals surface area contributed by atoms with Crippen molar-refractivity contribution in [2.45, 2.75) is 37.4 Å². The van der Waals surface area contributed by atoms with Crippen molar-refractivity contribution in [1.82, 2.24) is 9.78 Å². The smallest absolute Gasteiger partial charge is 0.225 e. The molecular formula is C17H21N3OS2. The van der Waals surface area contributed by atoms with Crippen molar-refractivity contribution in [3.8, 4) is 5.69 Å². The van der Waals surface area contributed by atoms with Crippen LogP contribution in [-0.4, -0.2) is 26.7 Å². The van der Waals surface area contributed by atoms with Gasteiger partial charge in [-0.3, -0.25) is 4.79 Å². The number of carbonyl (C=O) groups is 1. The molecule has 1 aliphatic heterocycles. The Balaban J connectivity index is 1.40. The molecule has 2 aromatic rings. The number of nitrogens with zero attached hydrogens (tertiary/aromatic N) is 2. The van der Waals surface area contributed by atoms with Crippen LogP contribution in [0, 0.1) is 0 Å². The van der Waals surface area contributed by atoms with Crippen LogP contribution in [0.2, 0.25) is 0 Å². The molecule has 1 amide bonds. The van der Waals surface area contributed by atoms with Crippen molar-refractivity contribution in [3.63, 3.8) is 0 Å². The number of aromatic nitrogens is 2. The van der Waals surface area contributed by atoms with Gasteiger partial charge in [-0.05, 0) is 31.4 Å². The van der Waals surface area contributed by atoms with Crippen LogP contribution in [0.25, 0.3) is 5.69 Å². The molecule has 1 aromatic heterocycles. The van der Waals surface area contributed by atoms with Crippen molar-refractivity contribution >= 4 is 33.3 Å². The molecule has 0 saturated carbocycles. The van der Waals surface area contributed by atoms with E-state index in [9.17, 15) is 4.79 Å². The first-order valence-electron chi connectivity index (χ1n) is 8.00. The Labute approximate surface area is 144 Å². The molecule has 1 saturated heterocycles. The van der Waals surface area contributed by atoms with E-state index in [0.717, 1.165) is 23.8 Å². The molecule has 2 heterocycles. The van der Waals surface area contributed by atoms with E-state index in [1.807, 2.05) is 64.2 Å². The van der Waals surface area contributed by atoms with Gasteiger partial charge in [-0.1, -0.05) is 46.2 Å². The number of anilines is 1. The van der Waals surface area contributed by atoms with Gasteiger partial charge in [0.1, 0.15) is 0 Å². The molecule has 6 heteroatoms. The predicted molar refractivity (Wildman–Crippen MR) is 99.1 cm³/mol. The number of benzene rings is 1. The number of rotatable bonds is 7. The first kappa shape index (κ1) is 16.5. The number of hydrogen-bond donors (Lipinski definition) is 1. The zero-order valence-corrected chi connectivity index (χ0v) is 14.6. The van der Waals surface area contributed by atoms with Gasteiger partial charge in [0.2, 0.25) is 5.91 Å². The molecule has 0 bridgehead atoms. The van der Waals surface area contributed by atoms with Crippen molar-refractivity contribution in [3.05, 3.63) is 42.6 Å². The first-order chi connectivity index (χ1) is 11.3. The fraction of sp³-hybridized carbons (Fsp3) is 0.412. The Hall–Kier alpha value is -1.40. The third-order valence-electron chi connectivity index (χ3n) is 3.78. The van der Waals surface area contributed by atoms with E-state index in [0.29, 0.717) is 12.2 Å². The van der Waals surface area contributed by atoms with Crippen LogP contribution in [0.4, 0.5) is 5.82 Å². The van der Waals surface area contributed by atoms with E-state index in [1.165, 1.54) is 18.6 Å². The Bertz CT molecular complexity index is 624. The molecule has 1 fully saturated rings. The van der Waals surface area contributed by atoms with Gasteiger partial charge < -0.3 is 5.32 Å². The molecule has 0 radical (unpaired) electrons. The minimum atomic E-state index is 0.0526. The van der Waals surface area contributed by atoms with Crippen LogP contribution in [0.1, 0.15) is 32.1 Å². The number of hydrogen-bond acceptors (Lipinski definition) is 4. The first-order valence-corrected chi connectivity index (χ1v) is 10.4. The lowest BCUT2D eigenvalue weighted by Gasteiger charge is -2.06. The largest absolute Gasteiger partial charge is 0.309 e. The Morgan fingerprint density at radius 2 is 2.13 bits per heavy atom. The highest BCUT2D eigenvalue weighted by Crippen LogP contribution is 2.39. The van der Waals surface area contributed by atoms with Crippen LogP contribution in [0.3, 0.4) is 0 Å². The summed E-state index contributed by atoms with van der Waals surface area (Å²) in [4.78, 5) is 12.0. The zero-order chi connectivity index (χ0) is 15.9. The second kappa shape index (κ2) is 8.45. The fourth-order valence-electron chi connectivity index (χ4n) is 2.54. The molecule has 1 N–H and O–H groups in total. The Morgan fingerprint density at radius 1 is 1.26 bits per heavy atom. The van der Waals surface area contributed by atoms with E-state index in [4.69, 9.17) is 0 Å². The number of amides is 1. The lowest BCUT2D eigenvalue weighted by atomic mass is 10.1. The zero-order valence-electron chi connectivity index (χ0n) is 13.0. The fourth-order valence-corrected chi connectivity index (χ4v) is 5.57. The lowest BCUT2D eigenvalue weighted by Crippen LogP contribution is -2.12. The van der Waals surface area contributed by atoms with E-state index >= 15 is 0 Å². The van der Waals surface area contributed by atoms with Crippen LogP contribution >= 0.6 is 21.6 Å². The number of para-hydroxylation sites is 1. The monoisotopic (exact) mass is 347 g/mol. The highest BCUT2D eigenvalue weighted by Gasteiger charge is 2.15. The topological polar surface area (TPSA) is 46.9 Å². The van der Waals surface area contributed by atoms with Crippen LogP contribution in [0.15, 0.2) is 42.6 Å². The van der Waals surface area contributed by atoms with Gasteiger partial charge in [0.05, 0.1) is 5.69 Å². The van der Waals surface area contributed by atoms with Gasteiger partial charge in [0, 0.05) is 29.7 Å². The summed E-state index contributed by atoms with van der Waals surface area (Å²) < 4.78 is 1.77. The SMILES string of the molecule is O=C(CCCCC1CCSS1)Nc1ccn(-c2ccccc2)n1. The minimum absolute atomic E-state index is 0.0526. The highest BCUT2D eigenvalue weighted by molar-refractivity contribution is 8.77. The molecule has 1 aromatic carbocycles. The second-order valence-electron chi connectivity index (χ2n) is 5.60. The lowest BCUT2D eigenvalue weighted by molar-refractivity contribution is -0.116. The van der Waals surface area contributed by atoms with Crippen molar-refractivity contribution in [1.29, 1.82) is 0 Å². The molecule has 0 spiro atoms. The standard InChI is InChI=1S/C17H21N3OS2/c21-17(9-5-4-8-15-11-13-22-23-15)18-16-10-12-20(19-16)14-6-2-1-3-7-14/h1-3,6-7,10,12,15H,4-5,8-9,11,13H2,(H,18,19,21). The van der Waals surface area contributed by atoms with Gasteiger partial charge in [0.15, 0.2) is 5.82 Å². The predicted octanol–water partition coefficient (Wildman–Crippen LogP) is 4.52.